The number of hydrogen-bond acceptors (Lipinski definition) is 5. The number of hydrogen-bond donors (Lipinski definition) is 1. The Balaban J connectivity index is 1.67. The summed E-state index contributed by atoms with van der Waals surface area (Å²) in [5.74, 6) is -1.90. The van der Waals surface area contributed by atoms with Crippen molar-refractivity contribution < 1.29 is 18.8 Å². The van der Waals surface area contributed by atoms with Gasteiger partial charge in [0.15, 0.2) is 0 Å². The number of thiocarbonyl (C=S) groups is 1. The average Bonchev–Trinajstić information content (AvgIpc) is 3.16. The number of anilines is 2. The van der Waals surface area contributed by atoms with E-state index < -0.39 is 17.6 Å². The van der Waals surface area contributed by atoms with Crippen LogP contribution in [0.1, 0.15) is 12.5 Å². The number of halogens is 1. The normalized spacial score (nSPS) is 18.3. The molecule has 0 saturated carbocycles. The van der Waals surface area contributed by atoms with Gasteiger partial charge in [-0.2, -0.15) is 0 Å². The van der Waals surface area contributed by atoms with Crippen LogP contribution >= 0.6 is 24.0 Å². The second-order valence-corrected chi connectivity index (χ2v) is 8.20. The second kappa shape index (κ2) is 8.00. The highest BCUT2D eigenvalue weighted by Gasteiger charge is 2.41. The van der Waals surface area contributed by atoms with Crippen molar-refractivity contribution in [1.82, 2.24) is 4.90 Å². The zero-order chi connectivity index (χ0) is 21.4. The highest BCUT2D eigenvalue weighted by atomic mass is 32.2. The molecule has 0 radical (unpaired) electrons. The fourth-order valence-electron chi connectivity index (χ4n) is 3.37. The third kappa shape index (κ3) is 3.40. The van der Waals surface area contributed by atoms with E-state index in [4.69, 9.17) is 12.2 Å². The topological polar surface area (TPSA) is 69.7 Å². The number of likely N-dealkylation sites (N-methyl/N-ethyl adjacent to an activating group) is 1. The molecule has 2 aliphatic heterocycles. The Bertz CT molecular complexity index is 1130. The van der Waals surface area contributed by atoms with Gasteiger partial charge < -0.3 is 5.32 Å². The zero-order valence-electron chi connectivity index (χ0n) is 15.8. The number of carbonyl (C=O) groups excluding carboxylic acids is 3. The minimum atomic E-state index is -0.567. The number of carbonyl (C=O) groups is 3. The van der Waals surface area contributed by atoms with Crippen LogP contribution < -0.4 is 10.2 Å². The van der Waals surface area contributed by atoms with Gasteiger partial charge >= 0.3 is 0 Å². The second-order valence-electron chi connectivity index (χ2n) is 6.56. The Kier molecular flexibility index (Phi) is 5.40. The van der Waals surface area contributed by atoms with Gasteiger partial charge in [-0.15, -0.1) is 0 Å². The molecule has 0 spiro atoms. The Hall–Kier alpha value is -3.04. The molecular weight excluding hydrogens is 425 g/mol. The predicted molar refractivity (Wildman–Crippen MR) is 118 cm³/mol. The summed E-state index contributed by atoms with van der Waals surface area (Å²) >= 11 is 6.35. The molecule has 9 heteroatoms. The SMILES string of the molecule is CCN1C(=O)/C(=C2\C(=O)N(CC(=O)Nc3ccccc3F)c3ccccc32)SC1=S. The predicted octanol–water partition coefficient (Wildman–Crippen LogP) is 3.40. The molecule has 152 valence electrons. The Morgan fingerprint density at radius 3 is 2.47 bits per heavy atom. The van der Waals surface area contributed by atoms with E-state index in [1.165, 1.54) is 28.0 Å². The van der Waals surface area contributed by atoms with Gasteiger partial charge in [-0.05, 0) is 25.1 Å². The molecule has 1 saturated heterocycles. The van der Waals surface area contributed by atoms with Gasteiger partial charge in [0, 0.05) is 12.1 Å². The minimum absolute atomic E-state index is 0.0338. The number of para-hydroxylation sites is 2. The summed E-state index contributed by atoms with van der Waals surface area (Å²) in [7, 11) is 0. The maximum Gasteiger partial charge on any atom is 0.266 e. The molecule has 2 aromatic carbocycles. The molecule has 1 N–H and O–H groups in total. The van der Waals surface area contributed by atoms with Gasteiger partial charge in [0.1, 0.15) is 16.7 Å². The molecule has 2 aliphatic rings. The summed E-state index contributed by atoms with van der Waals surface area (Å²) in [5, 5.41) is 2.48. The van der Waals surface area contributed by atoms with Crippen LogP contribution in [-0.2, 0) is 14.4 Å². The van der Waals surface area contributed by atoms with Crippen molar-refractivity contribution >= 4 is 63.0 Å². The Labute approximate surface area is 181 Å². The third-order valence-electron chi connectivity index (χ3n) is 4.77. The molecule has 6 nitrogen and oxygen atoms in total. The lowest BCUT2D eigenvalue weighted by molar-refractivity contribution is -0.122. The van der Waals surface area contributed by atoms with Crippen LogP contribution in [0.15, 0.2) is 53.4 Å². The largest absolute Gasteiger partial charge is 0.322 e. The number of amides is 3. The first-order valence-corrected chi connectivity index (χ1v) is 10.4. The number of fused-ring (bicyclic) bond motifs is 1. The molecule has 30 heavy (non-hydrogen) atoms. The van der Waals surface area contributed by atoms with Crippen molar-refractivity contribution in [2.45, 2.75) is 6.92 Å². The summed E-state index contributed by atoms with van der Waals surface area (Å²) in [5.41, 5.74) is 1.35. The van der Waals surface area contributed by atoms with E-state index in [9.17, 15) is 18.8 Å². The zero-order valence-corrected chi connectivity index (χ0v) is 17.5. The van der Waals surface area contributed by atoms with Crippen LogP contribution in [0.4, 0.5) is 15.8 Å². The van der Waals surface area contributed by atoms with Crippen molar-refractivity contribution in [1.29, 1.82) is 0 Å². The van der Waals surface area contributed by atoms with Crippen LogP contribution in [0.25, 0.3) is 5.57 Å². The molecule has 0 bridgehead atoms. The van der Waals surface area contributed by atoms with Crippen molar-refractivity contribution in [3.8, 4) is 0 Å². The molecule has 1 fully saturated rings. The van der Waals surface area contributed by atoms with E-state index >= 15 is 0 Å². The van der Waals surface area contributed by atoms with Gasteiger partial charge in [-0.1, -0.05) is 54.3 Å². The number of rotatable bonds is 4. The smallest absolute Gasteiger partial charge is 0.266 e. The molecule has 2 aromatic rings. The summed E-state index contributed by atoms with van der Waals surface area (Å²) < 4.78 is 14.2. The number of nitrogens with zero attached hydrogens (tertiary/aromatic N) is 2. The van der Waals surface area contributed by atoms with Gasteiger partial charge in [-0.3, -0.25) is 24.2 Å². The van der Waals surface area contributed by atoms with E-state index in [2.05, 4.69) is 5.32 Å². The third-order valence-corrected chi connectivity index (χ3v) is 6.21. The van der Waals surface area contributed by atoms with Crippen LogP contribution in [-0.4, -0.2) is 40.0 Å². The van der Waals surface area contributed by atoms with Crippen molar-refractivity contribution in [3.63, 3.8) is 0 Å². The monoisotopic (exact) mass is 441 g/mol. The number of nitrogens with one attached hydrogen (secondary N) is 1. The van der Waals surface area contributed by atoms with Crippen LogP contribution in [0.3, 0.4) is 0 Å². The van der Waals surface area contributed by atoms with Gasteiger partial charge in [-0.25, -0.2) is 4.39 Å². The molecule has 0 aromatic heterocycles. The van der Waals surface area contributed by atoms with Crippen LogP contribution in [0, 0.1) is 5.82 Å². The van der Waals surface area contributed by atoms with Gasteiger partial charge in [0.05, 0.1) is 21.9 Å². The fraction of sp³-hybridized carbons (Fsp3) is 0.143. The van der Waals surface area contributed by atoms with Crippen molar-refractivity contribution in [2.75, 3.05) is 23.3 Å². The van der Waals surface area contributed by atoms with Crippen molar-refractivity contribution in [3.05, 3.63) is 64.8 Å². The van der Waals surface area contributed by atoms with E-state index in [0.29, 0.717) is 22.1 Å². The summed E-state index contributed by atoms with van der Waals surface area (Å²) in [6.45, 7) is 1.90. The highest BCUT2D eigenvalue weighted by Crippen LogP contribution is 2.44. The van der Waals surface area contributed by atoms with Gasteiger partial charge in [0.25, 0.3) is 11.8 Å². The first-order valence-electron chi connectivity index (χ1n) is 9.16. The standard InChI is InChI=1S/C21H16FN3O3S2/c1-2-24-20(28)18(30-21(24)29)17-12-7-3-6-10-15(12)25(19(17)27)11-16(26)23-14-9-5-4-8-13(14)22/h3-10H,2,11H2,1H3,(H,23,26)/b18-17+. The lowest BCUT2D eigenvalue weighted by Gasteiger charge is -2.17. The average molecular weight is 442 g/mol. The lowest BCUT2D eigenvalue weighted by Crippen LogP contribution is -2.35. The first-order chi connectivity index (χ1) is 14.4. The Morgan fingerprint density at radius 2 is 1.77 bits per heavy atom. The molecular formula is C21H16FN3O3S2. The first kappa shape index (κ1) is 20.2. The van der Waals surface area contributed by atoms with Crippen molar-refractivity contribution in [2.24, 2.45) is 0 Å². The fourth-order valence-corrected chi connectivity index (χ4v) is 4.83. The lowest BCUT2D eigenvalue weighted by atomic mass is 10.1. The summed E-state index contributed by atoms with van der Waals surface area (Å²) in [6, 6.07) is 12.7. The maximum atomic E-state index is 13.8. The van der Waals surface area contributed by atoms with Gasteiger partial charge in [0.2, 0.25) is 5.91 Å². The molecule has 2 heterocycles. The van der Waals surface area contributed by atoms with E-state index in [1.54, 1.807) is 30.3 Å². The summed E-state index contributed by atoms with van der Waals surface area (Å²) in [4.78, 5) is 41.5. The molecule has 4 rings (SSSR count). The Morgan fingerprint density at radius 1 is 1.07 bits per heavy atom. The van der Waals surface area contributed by atoms with E-state index in [1.807, 2.05) is 6.92 Å². The van der Waals surface area contributed by atoms with Crippen LogP contribution in [0.2, 0.25) is 0 Å². The number of benzene rings is 2. The number of thioether (sulfide) groups is 1. The maximum absolute atomic E-state index is 13.8. The van der Waals surface area contributed by atoms with Crippen LogP contribution in [0.5, 0.6) is 0 Å². The quantitative estimate of drug-likeness (QED) is 0.582. The molecule has 0 atom stereocenters. The summed E-state index contributed by atoms with van der Waals surface area (Å²) in [6.07, 6.45) is 0. The molecule has 0 aliphatic carbocycles. The molecule has 0 unspecified atom stereocenters. The minimum Gasteiger partial charge on any atom is -0.322 e. The highest BCUT2D eigenvalue weighted by molar-refractivity contribution is 8.26. The van der Waals surface area contributed by atoms with E-state index in [0.717, 1.165) is 11.8 Å². The van der Waals surface area contributed by atoms with E-state index in [-0.39, 0.29) is 28.6 Å². The molecule has 3 amide bonds.